The number of carbonyl (C=O) groups excluding carboxylic acids is 1. The molecule has 1 aliphatic rings. The van der Waals surface area contributed by atoms with Gasteiger partial charge in [0.25, 0.3) is 11.6 Å². The molecule has 2 aromatic rings. The lowest BCUT2D eigenvalue weighted by Gasteiger charge is -2.12. The van der Waals surface area contributed by atoms with Crippen molar-refractivity contribution in [3.05, 3.63) is 68.7 Å². The summed E-state index contributed by atoms with van der Waals surface area (Å²) >= 11 is 6.11. The highest BCUT2D eigenvalue weighted by atomic mass is 35.5. The van der Waals surface area contributed by atoms with Crippen LogP contribution in [0.1, 0.15) is 22.3 Å². The predicted molar refractivity (Wildman–Crippen MR) is 108 cm³/mol. The van der Waals surface area contributed by atoms with Crippen molar-refractivity contribution in [3.63, 3.8) is 0 Å². The Morgan fingerprint density at radius 1 is 1.30 bits per heavy atom. The van der Waals surface area contributed by atoms with E-state index in [1.807, 2.05) is 18.2 Å². The number of anilines is 1. The zero-order valence-electron chi connectivity index (χ0n) is 14.4. The predicted octanol–water partition coefficient (Wildman–Crippen LogP) is 3.37. The molecule has 1 unspecified atom stereocenters. The van der Waals surface area contributed by atoms with Crippen LogP contribution in [-0.4, -0.2) is 30.0 Å². The molecule has 1 amide bonds. The van der Waals surface area contributed by atoms with Gasteiger partial charge in [0, 0.05) is 35.8 Å². The van der Waals surface area contributed by atoms with Crippen molar-refractivity contribution < 1.29 is 9.72 Å². The van der Waals surface area contributed by atoms with Crippen LogP contribution in [0.25, 0.3) is 0 Å². The number of benzene rings is 2. The zero-order chi connectivity index (χ0) is 18.5. The second-order valence-electron chi connectivity index (χ2n) is 6.10. The Labute approximate surface area is 168 Å². The number of nitro benzene ring substituents is 1. The molecule has 0 aliphatic carbocycles. The van der Waals surface area contributed by atoms with Gasteiger partial charge in [0.15, 0.2) is 0 Å². The van der Waals surface area contributed by atoms with Crippen LogP contribution in [0, 0.1) is 10.1 Å². The molecule has 1 aliphatic heterocycles. The van der Waals surface area contributed by atoms with Crippen LogP contribution in [-0.2, 0) is 6.54 Å². The number of nitro groups is 1. The molecule has 0 radical (unpaired) electrons. The third-order valence-corrected chi connectivity index (χ3v) is 4.65. The zero-order valence-corrected chi connectivity index (χ0v) is 16.0. The lowest BCUT2D eigenvalue weighted by Crippen LogP contribution is -2.36. The van der Waals surface area contributed by atoms with Gasteiger partial charge in [-0.2, -0.15) is 0 Å². The first-order valence-electron chi connectivity index (χ1n) is 8.32. The quantitative estimate of drug-likeness (QED) is 0.500. The maximum absolute atomic E-state index is 12.3. The van der Waals surface area contributed by atoms with Crippen LogP contribution in [0.15, 0.2) is 42.5 Å². The fourth-order valence-corrected chi connectivity index (χ4v) is 3.05. The maximum atomic E-state index is 12.3. The first kappa shape index (κ1) is 21.0. The minimum atomic E-state index is -0.497. The summed E-state index contributed by atoms with van der Waals surface area (Å²) in [5.74, 6) is -0.306. The standard InChI is InChI=1S/C18H19ClN4O3.ClH/c19-15-4-2-1-3-13(15)10-21-16-6-5-12(9-17(16)23(25)26)18(24)22-14-7-8-20-11-14;/h1-6,9,14,20-21H,7-8,10-11H2,(H,22,24);1H. The molecule has 1 heterocycles. The van der Waals surface area contributed by atoms with E-state index in [1.165, 1.54) is 6.07 Å². The van der Waals surface area contributed by atoms with Gasteiger partial charge >= 0.3 is 0 Å². The third-order valence-electron chi connectivity index (χ3n) is 4.28. The average molecular weight is 411 g/mol. The SMILES string of the molecule is Cl.O=C(NC1CCNC1)c1ccc(NCc2ccccc2Cl)c([N+](=O)[O-])c1. The Morgan fingerprint density at radius 3 is 2.74 bits per heavy atom. The molecular formula is C18H20Cl2N4O3. The Kier molecular flexibility index (Phi) is 7.41. The molecule has 3 N–H and O–H groups in total. The number of nitrogens with one attached hydrogen (secondary N) is 3. The minimum Gasteiger partial charge on any atom is -0.375 e. The van der Waals surface area contributed by atoms with Gasteiger partial charge in [0.2, 0.25) is 0 Å². The summed E-state index contributed by atoms with van der Waals surface area (Å²) in [6.45, 7) is 1.92. The van der Waals surface area contributed by atoms with Gasteiger partial charge in [-0.05, 0) is 36.7 Å². The van der Waals surface area contributed by atoms with Crippen LogP contribution in [0.4, 0.5) is 11.4 Å². The van der Waals surface area contributed by atoms with E-state index in [4.69, 9.17) is 11.6 Å². The highest BCUT2D eigenvalue weighted by Crippen LogP contribution is 2.27. The molecule has 144 valence electrons. The van der Waals surface area contributed by atoms with Crippen LogP contribution >= 0.6 is 24.0 Å². The average Bonchev–Trinajstić information content (AvgIpc) is 3.13. The van der Waals surface area contributed by atoms with Crippen LogP contribution in [0.2, 0.25) is 5.02 Å². The van der Waals surface area contributed by atoms with Gasteiger partial charge < -0.3 is 16.0 Å². The Balaban J connectivity index is 0.00000261. The number of rotatable bonds is 6. The number of hydrogen-bond donors (Lipinski definition) is 3. The highest BCUT2D eigenvalue weighted by molar-refractivity contribution is 6.31. The fourth-order valence-electron chi connectivity index (χ4n) is 2.85. The van der Waals surface area contributed by atoms with E-state index in [9.17, 15) is 14.9 Å². The minimum absolute atomic E-state index is 0. The fraction of sp³-hybridized carbons (Fsp3) is 0.278. The maximum Gasteiger partial charge on any atom is 0.293 e. The Hall–Kier alpha value is -2.35. The number of amides is 1. The van der Waals surface area contributed by atoms with E-state index in [-0.39, 0.29) is 35.6 Å². The number of halogens is 2. The second-order valence-corrected chi connectivity index (χ2v) is 6.50. The summed E-state index contributed by atoms with van der Waals surface area (Å²) in [6, 6.07) is 11.8. The third kappa shape index (κ3) is 5.32. The summed E-state index contributed by atoms with van der Waals surface area (Å²) in [4.78, 5) is 23.2. The van der Waals surface area contributed by atoms with Crippen LogP contribution < -0.4 is 16.0 Å². The van der Waals surface area contributed by atoms with Crippen molar-refractivity contribution in [2.24, 2.45) is 0 Å². The second kappa shape index (κ2) is 9.55. The van der Waals surface area contributed by atoms with E-state index in [0.717, 1.165) is 18.5 Å². The van der Waals surface area contributed by atoms with Crippen molar-refractivity contribution in [2.45, 2.75) is 19.0 Å². The van der Waals surface area contributed by atoms with Crippen molar-refractivity contribution in [1.82, 2.24) is 10.6 Å². The van der Waals surface area contributed by atoms with Gasteiger partial charge in [0.05, 0.1) is 4.92 Å². The smallest absolute Gasteiger partial charge is 0.293 e. The van der Waals surface area contributed by atoms with Crippen molar-refractivity contribution in [2.75, 3.05) is 18.4 Å². The van der Waals surface area contributed by atoms with E-state index in [1.54, 1.807) is 18.2 Å². The normalized spacial score (nSPS) is 15.7. The van der Waals surface area contributed by atoms with Crippen molar-refractivity contribution >= 4 is 41.3 Å². The lowest BCUT2D eigenvalue weighted by molar-refractivity contribution is -0.384. The molecule has 3 rings (SSSR count). The molecule has 0 bridgehead atoms. The summed E-state index contributed by atoms with van der Waals surface area (Å²) in [6.07, 6.45) is 0.852. The van der Waals surface area contributed by atoms with Gasteiger partial charge in [-0.1, -0.05) is 29.8 Å². The topological polar surface area (TPSA) is 96.3 Å². The molecule has 9 heteroatoms. The Morgan fingerprint density at radius 2 is 2.07 bits per heavy atom. The number of hydrogen-bond acceptors (Lipinski definition) is 5. The van der Waals surface area contributed by atoms with Crippen LogP contribution in [0.3, 0.4) is 0 Å². The molecular weight excluding hydrogens is 391 g/mol. The van der Waals surface area contributed by atoms with Gasteiger partial charge in [-0.25, -0.2) is 0 Å². The Bertz CT molecular complexity index is 826. The van der Waals surface area contributed by atoms with Gasteiger partial charge in [0.1, 0.15) is 5.69 Å². The van der Waals surface area contributed by atoms with Gasteiger partial charge in [-0.3, -0.25) is 14.9 Å². The van der Waals surface area contributed by atoms with E-state index < -0.39 is 4.92 Å². The first-order valence-corrected chi connectivity index (χ1v) is 8.69. The monoisotopic (exact) mass is 410 g/mol. The van der Waals surface area contributed by atoms with E-state index >= 15 is 0 Å². The molecule has 2 aromatic carbocycles. The van der Waals surface area contributed by atoms with Crippen molar-refractivity contribution in [3.8, 4) is 0 Å². The molecule has 27 heavy (non-hydrogen) atoms. The van der Waals surface area contributed by atoms with Crippen LogP contribution in [0.5, 0.6) is 0 Å². The largest absolute Gasteiger partial charge is 0.375 e. The first-order chi connectivity index (χ1) is 12.5. The molecule has 0 saturated carbocycles. The molecule has 1 fully saturated rings. The molecule has 1 saturated heterocycles. The van der Waals surface area contributed by atoms with Gasteiger partial charge in [-0.15, -0.1) is 12.4 Å². The molecule has 0 spiro atoms. The lowest BCUT2D eigenvalue weighted by atomic mass is 10.1. The summed E-state index contributed by atoms with van der Waals surface area (Å²) in [7, 11) is 0. The molecule has 0 aromatic heterocycles. The summed E-state index contributed by atoms with van der Waals surface area (Å²) in [5.41, 5.74) is 1.30. The summed E-state index contributed by atoms with van der Waals surface area (Å²) < 4.78 is 0. The van der Waals surface area contributed by atoms with E-state index in [0.29, 0.717) is 23.8 Å². The molecule has 7 nitrogen and oxygen atoms in total. The number of carbonyl (C=O) groups is 1. The number of nitrogens with zero attached hydrogens (tertiary/aromatic N) is 1. The van der Waals surface area contributed by atoms with E-state index in [2.05, 4.69) is 16.0 Å². The highest BCUT2D eigenvalue weighted by Gasteiger charge is 2.21. The summed E-state index contributed by atoms with van der Waals surface area (Å²) in [5, 5.41) is 21.1. The molecule has 1 atom stereocenters. The van der Waals surface area contributed by atoms with Crippen molar-refractivity contribution in [1.29, 1.82) is 0 Å².